The van der Waals surface area contributed by atoms with Gasteiger partial charge in [0.15, 0.2) is 0 Å². The molecule has 16 nitrogen and oxygen atoms in total. The number of piperidine rings is 1. The summed E-state index contributed by atoms with van der Waals surface area (Å²) in [5.74, 6) is 2.28. The molecule has 3 aromatic carbocycles. The van der Waals surface area contributed by atoms with E-state index < -0.39 is 89.5 Å². The molecular weight excluding hydrogens is 991 g/mol. The quantitative estimate of drug-likeness (QED) is 0.0307. The van der Waals surface area contributed by atoms with Gasteiger partial charge in [-0.15, -0.1) is 11.3 Å². The van der Waals surface area contributed by atoms with Crippen LogP contribution in [0, 0.1) is 17.3 Å². The van der Waals surface area contributed by atoms with Crippen LogP contribution in [0.1, 0.15) is 108 Å². The topological polar surface area (TPSA) is 223 Å². The van der Waals surface area contributed by atoms with Crippen LogP contribution in [0.25, 0.3) is 10.1 Å². The molecule has 2 fully saturated rings. The minimum atomic E-state index is -5.88. The molecule has 7 rings (SSSR count). The Morgan fingerprint density at radius 1 is 0.958 bits per heavy atom. The fourth-order valence-electron chi connectivity index (χ4n) is 8.76. The highest BCUT2D eigenvalue weighted by atomic mass is 32.1. The first-order chi connectivity index (χ1) is 33.8. The maximum Gasteiger partial charge on any atom is 0.416 e. The van der Waals surface area contributed by atoms with Crippen molar-refractivity contribution in [2.75, 3.05) is 24.5 Å². The summed E-state index contributed by atoms with van der Waals surface area (Å²) >= 11 is 0.888. The van der Waals surface area contributed by atoms with E-state index in [9.17, 15) is 69.9 Å². The summed E-state index contributed by atoms with van der Waals surface area (Å²) in [4.78, 5) is 115. The molecule has 1 aromatic heterocycles. The standard InChI is InChI=1S/C49H50F5N6O10PS/c1-47(2,3)41(57-43(64)38-26-29-25-31(15-19-37(29)72-38)49(53,54)71(68,69)70)46(67)59-23-8-12-36(59)45(66)58(32-16-13-30(14-17-32)48(50,51)52)24-21-39(61)55-22-6-4-5-9-28-10-7-11-33-34(28)27-60(44(33)65)35-18-20-40(62)56-42(35)63/h7,10-11,13-17,19,25-26,35-36,41H,4,6,8,12,18,20-24,27H2,1-3H3,(H,55,61)(H,57,64)(H,56,62,63)(H2,68,69,70)/t35?,36-,41?/m0/s1. The Morgan fingerprint density at radius 3 is 2.33 bits per heavy atom. The number of carbonyl (C=O) groups is 7. The molecule has 23 heteroatoms. The van der Waals surface area contributed by atoms with Crippen molar-refractivity contribution in [3.63, 3.8) is 0 Å². The zero-order chi connectivity index (χ0) is 52.5. The van der Waals surface area contributed by atoms with Crippen molar-refractivity contribution in [2.45, 2.75) is 102 Å². The van der Waals surface area contributed by atoms with Crippen molar-refractivity contribution < 1.29 is 69.9 Å². The number of nitrogens with one attached hydrogen (secondary N) is 3. The first-order valence-corrected chi connectivity index (χ1v) is 25.3. The van der Waals surface area contributed by atoms with E-state index in [1.807, 2.05) is 0 Å². The highest BCUT2D eigenvalue weighted by molar-refractivity contribution is 7.52. The minimum Gasteiger partial charge on any atom is -0.356 e. The van der Waals surface area contributed by atoms with Crippen LogP contribution in [0.5, 0.6) is 0 Å². The molecule has 0 saturated carbocycles. The number of fused-ring (bicyclic) bond motifs is 2. The van der Waals surface area contributed by atoms with Gasteiger partial charge in [0.05, 0.1) is 10.4 Å². The summed E-state index contributed by atoms with van der Waals surface area (Å²) in [5, 5.41) is 7.84. The maximum atomic E-state index is 14.5. The van der Waals surface area contributed by atoms with Crippen molar-refractivity contribution in [3.05, 3.63) is 99.4 Å². The number of anilines is 1. The van der Waals surface area contributed by atoms with Gasteiger partial charge in [0.25, 0.3) is 11.8 Å². The monoisotopic (exact) mass is 1040 g/mol. The summed E-state index contributed by atoms with van der Waals surface area (Å²) in [7, 11) is -5.88. The Kier molecular flexibility index (Phi) is 15.5. The Morgan fingerprint density at radius 2 is 1.67 bits per heavy atom. The Labute approximate surface area is 413 Å². The number of carbonyl (C=O) groups excluding carboxylic acids is 7. The van der Waals surface area contributed by atoms with Gasteiger partial charge < -0.3 is 35.1 Å². The summed E-state index contributed by atoms with van der Waals surface area (Å²) in [6.45, 7) is 5.13. The van der Waals surface area contributed by atoms with E-state index in [2.05, 4.69) is 27.8 Å². The maximum absolute atomic E-state index is 14.5. The van der Waals surface area contributed by atoms with Crippen LogP contribution in [0.2, 0.25) is 0 Å². The Bertz CT molecular complexity index is 2940. The highest BCUT2D eigenvalue weighted by Crippen LogP contribution is 2.59. The van der Waals surface area contributed by atoms with Gasteiger partial charge in [0, 0.05) is 72.5 Å². The molecule has 3 atom stereocenters. The second-order valence-corrected chi connectivity index (χ2v) is 21.4. The average Bonchev–Trinajstić information content (AvgIpc) is 4.06. The molecule has 2 unspecified atom stereocenters. The molecule has 3 aliphatic heterocycles. The molecule has 7 amide bonds. The fraction of sp³-hybridized carbons (Fsp3) is 0.408. The number of unbranched alkanes of at least 4 members (excludes halogenated alkanes) is 1. The Hall–Kier alpha value is -6.53. The third kappa shape index (κ3) is 11.5. The van der Waals surface area contributed by atoms with Gasteiger partial charge in [0.1, 0.15) is 18.1 Å². The molecule has 0 bridgehead atoms. The molecule has 0 aliphatic carbocycles. The van der Waals surface area contributed by atoms with Crippen LogP contribution >= 0.6 is 18.9 Å². The number of hydrogen-bond acceptors (Lipinski definition) is 9. The van der Waals surface area contributed by atoms with Gasteiger partial charge in [-0.1, -0.05) is 44.7 Å². The number of halogens is 5. The minimum absolute atomic E-state index is 0.00664. The highest BCUT2D eigenvalue weighted by Gasteiger charge is 2.50. The van der Waals surface area contributed by atoms with Gasteiger partial charge in [0.2, 0.25) is 29.5 Å². The third-order valence-corrected chi connectivity index (χ3v) is 14.7. The fourth-order valence-corrected chi connectivity index (χ4v) is 10.2. The predicted octanol–water partition coefficient (Wildman–Crippen LogP) is 6.42. The average molecular weight is 1040 g/mol. The van der Waals surface area contributed by atoms with Gasteiger partial charge in [-0.3, -0.25) is 43.4 Å². The van der Waals surface area contributed by atoms with E-state index >= 15 is 0 Å². The lowest BCUT2D eigenvalue weighted by molar-refractivity contribution is -0.141. The number of nitrogens with zero attached hydrogens (tertiary/aromatic N) is 3. The van der Waals surface area contributed by atoms with Gasteiger partial charge >= 0.3 is 19.4 Å². The summed E-state index contributed by atoms with van der Waals surface area (Å²) in [6.07, 6.45) is -3.38. The normalized spacial score (nSPS) is 17.8. The van der Waals surface area contributed by atoms with Crippen LogP contribution in [-0.4, -0.2) is 98.7 Å². The summed E-state index contributed by atoms with van der Waals surface area (Å²) in [6, 6.07) is 9.85. The van der Waals surface area contributed by atoms with Gasteiger partial charge in [-0.25, -0.2) is 0 Å². The largest absolute Gasteiger partial charge is 0.416 e. The Balaban J connectivity index is 0.995. The molecule has 4 aromatic rings. The predicted molar refractivity (Wildman–Crippen MR) is 253 cm³/mol. The second-order valence-electron chi connectivity index (χ2n) is 18.7. The van der Waals surface area contributed by atoms with Crippen molar-refractivity contribution in [1.82, 2.24) is 25.8 Å². The van der Waals surface area contributed by atoms with Crippen molar-refractivity contribution in [2.24, 2.45) is 5.41 Å². The van der Waals surface area contributed by atoms with Gasteiger partial charge in [-0.05, 0) is 96.6 Å². The number of amides is 7. The lowest BCUT2D eigenvalue weighted by Crippen LogP contribution is -2.58. The van der Waals surface area contributed by atoms with Crippen molar-refractivity contribution in [1.29, 1.82) is 0 Å². The van der Waals surface area contributed by atoms with E-state index in [0.29, 0.717) is 40.7 Å². The molecule has 382 valence electrons. The SMILES string of the molecule is CC(C)(C)C(NC(=O)c1cc2cc(C(F)(F)P(=O)(O)O)ccc2s1)C(=O)N1CCC[C@H]1C(=O)N(CCC(=O)NCCCC#Cc1cccc2c1CN(C1CCC(=O)NC1=O)C2=O)c1ccc(C(F)(F)F)cc1. The lowest BCUT2D eigenvalue weighted by Gasteiger charge is -2.36. The van der Waals surface area contributed by atoms with Crippen LogP contribution in [0.4, 0.5) is 27.6 Å². The second kappa shape index (κ2) is 20.9. The van der Waals surface area contributed by atoms with Crippen LogP contribution < -0.4 is 20.9 Å². The first-order valence-electron chi connectivity index (χ1n) is 22.9. The number of thiophene rings is 1. The number of hydrogen-bond donors (Lipinski definition) is 5. The van der Waals surface area contributed by atoms with E-state index in [1.54, 1.807) is 39.0 Å². The molecule has 4 heterocycles. The summed E-state index contributed by atoms with van der Waals surface area (Å²) < 4.78 is 81.6. The van der Waals surface area contributed by atoms with Crippen LogP contribution in [0.3, 0.4) is 0 Å². The molecular formula is C49H50F5N6O10PS. The lowest BCUT2D eigenvalue weighted by atomic mass is 9.85. The number of rotatable bonds is 14. The smallest absolute Gasteiger partial charge is 0.356 e. The van der Waals surface area contributed by atoms with E-state index in [-0.39, 0.29) is 73.7 Å². The first kappa shape index (κ1) is 53.3. The third-order valence-electron chi connectivity index (χ3n) is 12.6. The van der Waals surface area contributed by atoms with E-state index in [0.717, 1.165) is 52.6 Å². The van der Waals surface area contributed by atoms with Crippen molar-refractivity contribution in [3.8, 4) is 11.8 Å². The number of alkyl halides is 5. The molecule has 72 heavy (non-hydrogen) atoms. The molecule has 2 saturated heterocycles. The van der Waals surface area contributed by atoms with Gasteiger partial charge in [-0.2, -0.15) is 22.0 Å². The number of imide groups is 1. The van der Waals surface area contributed by atoms with Crippen LogP contribution in [-0.2, 0) is 46.9 Å². The van der Waals surface area contributed by atoms with Crippen molar-refractivity contribution >= 4 is 76.1 Å². The molecule has 0 spiro atoms. The molecule has 0 radical (unpaired) electrons. The molecule has 3 aliphatic rings. The zero-order valence-electron chi connectivity index (χ0n) is 39.1. The zero-order valence-corrected chi connectivity index (χ0v) is 40.8. The number of likely N-dealkylation sites (tertiary alicyclic amines) is 1. The van der Waals surface area contributed by atoms with E-state index in [4.69, 9.17) is 0 Å². The molecule has 5 N–H and O–H groups in total. The van der Waals surface area contributed by atoms with Crippen LogP contribution in [0.15, 0.2) is 66.7 Å². The number of benzene rings is 3. The van der Waals surface area contributed by atoms with E-state index in [1.165, 1.54) is 21.9 Å². The summed E-state index contributed by atoms with van der Waals surface area (Å²) in [5.41, 5.74) is -5.68.